The number of hydrogen-bond donors (Lipinski definition) is 2. The maximum absolute atomic E-state index is 6.19. The van der Waals surface area contributed by atoms with Gasteiger partial charge in [0, 0.05) is 5.39 Å². The first kappa shape index (κ1) is 12.8. The third kappa shape index (κ3) is 2.28. The molecule has 2 aromatic carbocycles. The minimum absolute atomic E-state index is 0.600. The molecule has 0 fully saturated rings. The zero-order valence-corrected chi connectivity index (χ0v) is 11.8. The second kappa shape index (κ2) is 5.02. The van der Waals surface area contributed by atoms with Gasteiger partial charge in [-0.2, -0.15) is 0 Å². The van der Waals surface area contributed by atoms with Crippen LogP contribution in [0, 0.1) is 6.92 Å². The molecule has 0 radical (unpaired) electrons. The quantitative estimate of drug-likeness (QED) is 0.727. The molecule has 3 N–H and O–H groups in total. The maximum atomic E-state index is 6.19. The minimum atomic E-state index is 0.600. The van der Waals surface area contributed by atoms with E-state index in [1.54, 1.807) is 6.20 Å². The average Bonchev–Trinajstić information content (AvgIpc) is 2.44. The van der Waals surface area contributed by atoms with Crippen molar-refractivity contribution in [1.29, 1.82) is 0 Å². The smallest absolute Gasteiger partial charge is 0.0746 e. The van der Waals surface area contributed by atoms with Gasteiger partial charge in [-0.05, 0) is 31.2 Å². The Labute approximate surface area is 122 Å². The Bertz CT molecular complexity index is 779. The van der Waals surface area contributed by atoms with Gasteiger partial charge in [-0.3, -0.25) is 4.98 Å². The van der Waals surface area contributed by atoms with Gasteiger partial charge < -0.3 is 11.1 Å². The topological polar surface area (TPSA) is 50.9 Å². The lowest BCUT2D eigenvalue weighted by molar-refractivity contribution is 1.39. The summed E-state index contributed by atoms with van der Waals surface area (Å²) in [6, 6.07) is 13.7. The van der Waals surface area contributed by atoms with E-state index in [9.17, 15) is 0 Å². The highest BCUT2D eigenvalue weighted by Crippen LogP contribution is 2.33. The number of benzene rings is 2. The van der Waals surface area contributed by atoms with Crippen LogP contribution in [0.4, 0.5) is 17.1 Å². The molecule has 0 amide bonds. The van der Waals surface area contributed by atoms with E-state index in [0.717, 1.165) is 27.8 Å². The van der Waals surface area contributed by atoms with Crippen LogP contribution in [-0.2, 0) is 0 Å². The number of nitrogens with two attached hydrogens (primary N) is 1. The summed E-state index contributed by atoms with van der Waals surface area (Å²) in [5.74, 6) is 0. The molecule has 0 spiro atoms. The third-order valence-corrected chi connectivity index (χ3v) is 3.52. The number of aromatic nitrogens is 1. The van der Waals surface area contributed by atoms with E-state index in [1.165, 1.54) is 0 Å². The Kier molecular flexibility index (Phi) is 3.20. The third-order valence-electron chi connectivity index (χ3n) is 3.19. The van der Waals surface area contributed by atoms with Gasteiger partial charge in [-0.15, -0.1) is 0 Å². The fraction of sp³-hybridized carbons (Fsp3) is 0.0625. The van der Waals surface area contributed by atoms with E-state index in [-0.39, 0.29) is 0 Å². The van der Waals surface area contributed by atoms with Crippen molar-refractivity contribution >= 4 is 39.6 Å². The summed E-state index contributed by atoms with van der Waals surface area (Å²) in [5.41, 5.74) is 10.4. The molecule has 3 rings (SSSR count). The normalized spacial score (nSPS) is 10.7. The van der Waals surface area contributed by atoms with Gasteiger partial charge in [-0.25, -0.2) is 0 Å². The second-order valence-electron chi connectivity index (χ2n) is 4.71. The summed E-state index contributed by atoms with van der Waals surface area (Å²) in [7, 11) is 0. The molecule has 20 heavy (non-hydrogen) atoms. The molecule has 0 aliphatic carbocycles. The Hall–Kier alpha value is -2.26. The van der Waals surface area contributed by atoms with Crippen LogP contribution in [-0.4, -0.2) is 4.98 Å². The van der Waals surface area contributed by atoms with Crippen LogP contribution >= 0.6 is 11.6 Å². The molecule has 0 saturated heterocycles. The van der Waals surface area contributed by atoms with E-state index in [4.69, 9.17) is 17.3 Å². The highest BCUT2D eigenvalue weighted by Gasteiger charge is 2.08. The molecule has 0 aliphatic rings. The van der Waals surface area contributed by atoms with Crippen LogP contribution in [0.2, 0.25) is 5.02 Å². The van der Waals surface area contributed by atoms with E-state index in [0.29, 0.717) is 10.7 Å². The summed E-state index contributed by atoms with van der Waals surface area (Å²) in [5, 5.41) is 4.96. The molecular formula is C16H14ClN3. The van der Waals surface area contributed by atoms with E-state index < -0.39 is 0 Å². The predicted octanol–water partition coefficient (Wildman–Crippen LogP) is 4.52. The van der Waals surface area contributed by atoms with Gasteiger partial charge in [0.2, 0.25) is 0 Å². The Morgan fingerprint density at radius 1 is 1.15 bits per heavy atom. The molecule has 3 nitrogen and oxygen atoms in total. The molecule has 4 heteroatoms. The monoisotopic (exact) mass is 283 g/mol. The zero-order valence-electron chi connectivity index (χ0n) is 11.0. The molecule has 3 aromatic rings. The Morgan fingerprint density at radius 3 is 2.75 bits per heavy atom. The number of para-hydroxylation sites is 1. The van der Waals surface area contributed by atoms with E-state index >= 15 is 0 Å². The van der Waals surface area contributed by atoms with Crippen LogP contribution in [0.1, 0.15) is 5.56 Å². The number of rotatable bonds is 2. The maximum Gasteiger partial charge on any atom is 0.0746 e. The number of halogens is 1. The number of anilines is 3. The molecule has 100 valence electrons. The van der Waals surface area contributed by atoms with Gasteiger partial charge in [-0.1, -0.05) is 35.4 Å². The number of nitrogens with one attached hydrogen (secondary N) is 1. The summed E-state index contributed by atoms with van der Waals surface area (Å²) in [4.78, 5) is 4.35. The largest absolute Gasteiger partial charge is 0.396 e. The van der Waals surface area contributed by atoms with Crippen molar-refractivity contribution in [3.63, 3.8) is 0 Å². The summed E-state index contributed by atoms with van der Waals surface area (Å²) in [6.07, 6.45) is 1.66. The van der Waals surface area contributed by atoms with Crippen LogP contribution < -0.4 is 11.1 Å². The lowest BCUT2D eigenvalue weighted by Crippen LogP contribution is -1.99. The molecular weight excluding hydrogens is 270 g/mol. The van der Waals surface area contributed by atoms with E-state index in [1.807, 2.05) is 43.3 Å². The van der Waals surface area contributed by atoms with Crippen molar-refractivity contribution in [2.75, 3.05) is 11.1 Å². The summed E-state index contributed by atoms with van der Waals surface area (Å²) in [6.45, 7) is 2.04. The van der Waals surface area contributed by atoms with Crippen molar-refractivity contribution in [2.24, 2.45) is 0 Å². The Balaban J connectivity index is 2.17. The first-order valence-electron chi connectivity index (χ1n) is 6.31. The van der Waals surface area contributed by atoms with Crippen LogP contribution in [0.3, 0.4) is 0 Å². The minimum Gasteiger partial charge on any atom is -0.396 e. The second-order valence-corrected chi connectivity index (χ2v) is 5.12. The number of aryl methyl sites for hydroxylation is 1. The zero-order chi connectivity index (χ0) is 14.1. The number of pyridine rings is 1. The molecule has 0 saturated carbocycles. The number of nitrogens with zero attached hydrogens (tertiary/aromatic N) is 1. The molecule has 0 aliphatic heterocycles. The molecule has 1 heterocycles. The van der Waals surface area contributed by atoms with Gasteiger partial charge in [0.25, 0.3) is 0 Å². The first-order valence-corrected chi connectivity index (χ1v) is 6.69. The van der Waals surface area contributed by atoms with Crippen LogP contribution in [0.15, 0.2) is 48.7 Å². The van der Waals surface area contributed by atoms with Gasteiger partial charge in [0.05, 0.1) is 33.8 Å². The lowest BCUT2D eigenvalue weighted by atomic mass is 10.1. The van der Waals surface area contributed by atoms with Crippen LogP contribution in [0.25, 0.3) is 10.9 Å². The predicted molar refractivity (Wildman–Crippen MR) is 85.6 cm³/mol. The SMILES string of the molecule is Cc1ccc2ncc(N)c(Nc3ccccc3Cl)c2c1. The molecule has 1 aromatic heterocycles. The highest BCUT2D eigenvalue weighted by molar-refractivity contribution is 6.33. The van der Waals surface area contributed by atoms with Crippen molar-refractivity contribution in [3.8, 4) is 0 Å². The molecule has 0 atom stereocenters. The first-order chi connectivity index (χ1) is 9.65. The number of hydrogen-bond acceptors (Lipinski definition) is 3. The van der Waals surface area contributed by atoms with Gasteiger partial charge in [0.15, 0.2) is 0 Å². The fourth-order valence-electron chi connectivity index (χ4n) is 2.16. The van der Waals surface area contributed by atoms with Crippen molar-refractivity contribution in [1.82, 2.24) is 4.98 Å². The molecule has 0 bridgehead atoms. The van der Waals surface area contributed by atoms with Gasteiger partial charge in [0.1, 0.15) is 0 Å². The Morgan fingerprint density at radius 2 is 1.95 bits per heavy atom. The average molecular weight is 284 g/mol. The molecule has 0 unspecified atom stereocenters. The van der Waals surface area contributed by atoms with Crippen molar-refractivity contribution < 1.29 is 0 Å². The van der Waals surface area contributed by atoms with Crippen LogP contribution in [0.5, 0.6) is 0 Å². The highest BCUT2D eigenvalue weighted by atomic mass is 35.5. The number of fused-ring (bicyclic) bond motifs is 1. The summed E-state index contributed by atoms with van der Waals surface area (Å²) < 4.78 is 0. The fourth-order valence-corrected chi connectivity index (χ4v) is 2.34. The number of nitrogen functional groups attached to an aromatic ring is 1. The summed E-state index contributed by atoms with van der Waals surface area (Å²) >= 11 is 6.19. The van der Waals surface area contributed by atoms with Crippen molar-refractivity contribution in [3.05, 3.63) is 59.2 Å². The van der Waals surface area contributed by atoms with E-state index in [2.05, 4.69) is 16.4 Å². The lowest BCUT2D eigenvalue weighted by Gasteiger charge is -2.13. The van der Waals surface area contributed by atoms with Gasteiger partial charge >= 0.3 is 0 Å². The van der Waals surface area contributed by atoms with Crippen molar-refractivity contribution in [2.45, 2.75) is 6.92 Å². The standard InChI is InChI=1S/C16H14ClN3/c1-10-6-7-14-11(8-10)16(13(18)9-19-14)20-15-5-3-2-4-12(15)17/h2-9H,18H2,1H3,(H,19,20).